The number of nitrogens with zero attached hydrogens (tertiary/aromatic N) is 1. The first kappa shape index (κ1) is 19.7. The number of carbonyl (C=O) groups is 1. The number of sulfonamides is 1. The molecule has 0 atom stereocenters. The third kappa shape index (κ3) is 4.28. The molecule has 1 amide bonds. The number of anilines is 1. The van der Waals surface area contributed by atoms with E-state index in [1.165, 1.54) is 48.3 Å². The zero-order valence-corrected chi connectivity index (χ0v) is 15.7. The van der Waals surface area contributed by atoms with Crippen LogP contribution in [-0.2, 0) is 16.4 Å². The monoisotopic (exact) mass is 416 g/mol. The molecule has 0 unspecified atom stereocenters. The molecule has 3 rings (SSSR count). The Bertz CT molecular complexity index is 974. The highest BCUT2D eigenvalue weighted by atomic mass is 32.2. The Labute approximate surface area is 158 Å². The number of hydrogen-bond acceptors (Lipinski definition) is 4. The standard InChI is InChI=1S/C17H15F3N2O3S2/c1-21-27(24,25)14-6-7-15-12(10-14)8-9-22(15)16(23)11-2-4-13(5-3-11)26-17(18,19)20/h2-7,10,21H,8-9H2,1H3. The zero-order chi connectivity index (χ0) is 19.8. The second-order valence-corrected chi connectivity index (χ2v) is 8.80. The lowest BCUT2D eigenvalue weighted by Gasteiger charge is -2.18. The van der Waals surface area contributed by atoms with Gasteiger partial charge < -0.3 is 4.90 Å². The summed E-state index contributed by atoms with van der Waals surface area (Å²) in [5.74, 6) is -0.346. The van der Waals surface area contributed by atoms with Crippen molar-refractivity contribution < 1.29 is 26.4 Å². The Kier molecular flexibility index (Phi) is 5.24. The predicted molar refractivity (Wildman–Crippen MR) is 96.4 cm³/mol. The molecule has 2 aromatic rings. The van der Waals surface area contributed by atoms with Gasteiger partial charge in [0.1, 0.15) is 0 Å². The minimum atomic E-state index is -4.38. The fraction of sp³-hybridized carbons (Fsp3) is 0.235. The molecule has 1 aliphatic rings. The molecule has 2 aromatic carbocycles. The normalized spacial score (nSPS) is 14.3. The first-order chi connectivity index (χ1) is 12.6. The number of hydrogen-bond donors (Lipinski definition) is 1. The van der Waals surface area contributed by atoms with Gasteiger partial charge in [-0.3, -0.25) is 4.79 Å². The van der Waals surface area contributed by atoms with E-state index in [4.69, 9.17) is 0 Å². The molecule has 0 saturated carbocycles. The number of alkyl halides is 3. The summed E-state index contributed by atoms with van der Waals surface area (Å²) >= 11 is -0.240. The fourth-order valence-corrected chi connectivity index (χ4v) is 4.15. The maximum Gasteiger partial charge on any atom is 0.446 e. The topological polar surface area (TPSA) is 66.5 Å². The van der Waals surface area contributed by atoms with Crippen molar-refractivity contribution in [2.45, 2.75) is 21.7 Å². The second-order valence-electron chi connectivity index (χ2n) is 5.78. The first-order valence-electron chi connectivity index (χ1n) is 7.85. The number of amides is 1. The van der Waals surface area contributed by atoms with E-state index in [0.717, 1.165) is 5.56 Å². The largest absolute Gasteiger partial charge is 0.446 e. The van der Waals surface area contributed by atoms with Crippen molar-refractivity contribution in [1.82, 2.24) is 4.72 Å². The average Bonchev–Trinajstić information content (AvgIpc) is 3.03. The van der Waals surface area contributed by atoms with Crippen LogP contribution in [0.1, 0.15) is 15.9 Å². The van der Waals surface area contributed by atoms with E-state index in [1.54, 1.807) is 6.07 Å². The molecule has 27 heavy (non-hydrogen) atoms. The Hall–Kier alpha value is -2.04. The summed E-state index contributed by atoms with van der Waals surface area (Å²) in [5.41, 5.74) is -2.79. The number of rotatable bonds is 4. The predicted octanol–water partition coefficient (Wildman–Crippen LogP) is 3.41. The van der Waals surface area contributed by atoms with Crippen molar-refractivity contribution in [3.8, 4) is 0 Å². The van der Waals surface area contributed by atoms with E-state index in [2.05, 4.69) is 4.72 Å². The Balaban J connectivity index is 1.82. The van der Waals surface area contributed by atoms with Crippen LogP contribution in [0.4, 0.5) is 18.9 Å². The molecule has 1 heterocycles. The van der Waals surface area contributed by atoms with Gasteiger partial charge in [0, 0.05) is 22.7 Å². The van der Waals surface area contributed by atoms with Gasteiger partial charge in [-0.15, -0.1) is 0 Å². The van der Waals surface area contributed by atoms with Crippen molar-refractivity contribution >= 4 is 33.4 Å². The van der Waals surface area contributed by atoms with Crippen molar-refractivity contribution in [1.29, 1.82) is 0 Å². The van der Waals surface area contributed by atoms with Gasteiger partial charge in [-0.1, -0.05) is 0 Å². The molecule has 5 nitrogen and oxygen atoms in total. The number of nitrogens with one attached hydrogen (secondary N) is 1. The Morgan fingerprint density at radius 3 is 2.41 bits per heavy atom. The van der Waals surface area contributed by atoms with Gasteiger partial charge >= 0.3 is 5.51 Å². The summed E-state index contributed by atoms with van der Waals surface area (Å²) in [6.45, 7) is 0.371. The molecule has 144 valence electrons. The minimum Gasteiger partial charge on any atom is -0.308 e. The molecule has 0 fully saturated rings. The fourth-order valence-electron chi connectivity index (χ4n) is 2.83. The van der Waals surface area contributed by atoms with Gasteiger partial charge in [0.05, 0.1) is 4.90 Å². The minimum absolute atomic E-state index is 0.00258. The molecular formula is C17H15F3N2O3S2. The highest BCUT2D eigenvalue weighted by Gasteiger charge is 2.30. The molecule has 0 spiro atoms. The van der Waals surface area contributed by atoms with Crippen LogP contribution in [0.15, 0.2) is 52.3 Å². The molecule has 1 aliphatic heterocycles. The highest BCUT2D eigenvalue weighted by molar-refractivity contribution is 8.00. The molecule has 0 aromatic heterocycles. The van der Waals surface area contributed by atoms with E-state index in [0.29, 0.717) is 18.7 Å². The molecule has 0 aliphatic carbocycles. The molecule has 0 radical (unpaired) electrons. The first-order valence-corrected chi connectivity index (χ1v) is 10.1. The van der Waals surface area contributed by atoms with Crippen molar-refractivity contribution in [3.63, 3.8) is 0 Å². The van der Waals surface area contributed by atoms with Gasteiger partial charge in [-0.2, -0.15) is 13.2 Å². The van der Waals surface area contributed by atoms with Crippen LogP contribution in [0.3, 0.4) is 0 Å². The maximum absolute atomic E-state index is 12.7. The molecule has 1 N–H and O–H groups in total. The summed E-state index contributed by atoms with van der Waals surface area (Å²) in [6.07, 6.45) is 0.496. The molecule has 10 heteroatoms. The highest BCUT2D eigenvalue weighted by Crippen LogP contribution is 2.37. The van der Waals surface area contributed by atoms with Crippen molar-refractivity contribution in [2.75, 3.05) is 18.5 Å². The van der Waals surface area contributed by atoms with Gasteiger partial charge in [-0.25, -0.2) is 13.1 Å². The Morgan fingerprint density at radius 1 is 1.15 bits per heavy atom. The third-order valence-electron chi connectivity index (χ3n) is 4.11. The Morgan fingerprint density at radius 2 is 1.81 bits per heavy atom. The quantitative estimate of drug-likeness (QED) is 0.776. The number of thioether (sulfide) groups is 1. The molecular weight excluding hydrogens is 401 g/mol. The van der Waals surface area contributed by atoms with Gasteiger partial charge in [0.2, 0.25) is 10.0 Å². The van der Waals surface area contributed by atoms with Crippen molar-refractivity contribution in [2.24, 2.45) is 0 Å². The SMILES string of the molecule is CNS(=O)(=O)c1ccc2c(c1)CCN2C(=O)c1ccc(SC(F)(F)F)cc1. The van der Waals surface area contributed by atoms with Crippen LogP contribution in [0.2, 0.25) is 0 Å². The lowest BCUT2D eigenvalue weighted by molar-refractivity contribution is -0.0328. The van der Waals surface area contributed by atoms with E-state index in [1.807, 2.05) is 0 Å². The smallest absolute Gasteiger partial charge is 0.308 e. The number of benzene rings is 2. The van der Waals surface area contributed by atoms with Crippen LogP contribution in [0.25, 0.3) is 0 Å². The maximum atomic E-state index is 12.7. The van der Waals surface area contributed by atoms with Crippen molar-refractivity contribution in [3.05, 3.63) is 53.6 Å². The molecule has 0 bridgehead atoms. The number of carbonyl (C=O) groups excluding carboxylic acids is 1. The van der Waals surface area contributed by atoms with Crippen LogP contribution in [0.5, 0.6) is 0 Å². The van der Waals surface area contributed by atoms with Gasteiger partial charge in [0.25, 0.3) is 5.91 Å². The summed E-state index contributed by atoms with van der Waals surface area (Å²) in [4.78, 5) is 14.3. The van der Waals surface area contributed by atoms with Crippen LogP contribution in [-0.4, -0.2) is 33.4 Å². The van der Waals surface area contributed by atoms with Crippen LogP contribution in [0, 0.1) is 0 Å². The van der Waals surface area contributed by atoms with E-state index in [9.17, 15) is 26.4 Å². The number of fused-ring (bicyclic) bond motifs is 1. The van der Waals surface area contributed by atoms with Gasteiger partial charge in [0.15, 0.2) is 0 Å². The van der Waals surface area contributed by atoms with E-state index in [-0.39, 0.29) is 33.0 Å². The summed E-state index contributed by atoms with van der Waals surface area (Å²) in [5, 5.41) is 0. The summed E-state index contributed by atoms with van der Waals surface area (Å²) in [6, 6.07) is 9.73. The third-order valence-corrected chi connectivity index (χ3v) is 6.26. The second kappa shape index (κ2) is 7.17. The summed E-state index contributed by atoms with van der Waals surface area (Å²) < 4.78 is 63.2. The van der Waals surface area contributed by atoms with Crippen LogP contribution < -0.4 is 9.62 Å². The average molecular weight is 416 g/mol. The van der Waals surface area contributed by atoms with E-state index >= 15 is 0 Å². The lowest BCUT2D eigenvalue weighted by atomic mass is 10.1. The lowest BCUT2D eigenvalue weighted by Crippen LogP contribution is -2.28. The zero-order valence-electron chi connectivity index (χ0n) is 14.1. The number of halogens is 3. The van der Waals surface area contributed by atoms with Gasteiger partial charge in [-0.05, 0) is 73.3 Å². The molecule has 0 saturated heterocycles. The summed E-state index contributed by atoms with van der Waals surface area (Å²) in [7, 11) is -2.26. The van der Waals surface area contributed by atoms with Crippen LogP contribution >= 0.6 is 11.8 Å². The van der Waals surface area contributed by atoms with E-state index < -0.39 is 15.5 Å².